The van der Waals surface area contributed by atoms with Gasteiger partial charge in [0.15, 0.2) is 5.69 Å². The number of rotatable bonds is 4. The SMILES string of the molecule is COC(=O)c1c[c-]c(Cn2ncc(N)c2C(=O)OC)cc1.[OH-].[Rb+]. The fraction of sp³-hybridized carbons (Fsp3) is 0.214. The summed E-state index contributed by atoms with van der Waals surface area (Å²) < 4.78 is 10.7. The van der Waals surface area contributed by atoms with Gasteiger partial charge in [0.05, 0.1) is 26.1 Å². The number of nitrogens with two attached hydrogens (primary N) is 1. The van der Waals surface area contributed by atoms with Crippen LogP contribution in [-0.2, 0) is 16.0 Å². The molecule has 1 heterocycles. The van der Waals surface area contributed by atoms with Crippen molar-refractivity contribution in [2.45, 2.75) is 6.54 Å². The summed E-state index contributed by atoms with van der Waals surface area (Å²) >= 11 is 0. The first-order valence-electron chi connectivity index (χ1n) is 6.05. The third-order valence-corrected chi connectivity index (χ3v) is 2.86. The summed E-state index contributed by atoms with van der Waals surface area (Å²) in [5, 5.41) is 4.03. The van der Waals surface area contributed by atoms with E-state index in [1.54, 1.807) is 12.1 Å². The van der Waals surface area contributed by atoms with Crippen LogP contribution in [-0.4, -0.2) is 41.4 Å². The molecule has 1 aromatic heterocycles. The molecular formula is C14H15N3O5Rb-. The Bertz CT molecular complexity index is 670. The normalized spacial score (nSPS) is 9.30. The summed E-state index contributed by atoms with van der Waals surface area (Å²) in [5.41, 5.74) is 7.25. The average molecular weight is 391 g/mol. The second-order valence-corrected chi connectivity index (χ2v) is 4.19. The van der Waals surface area contributed by atoms with Crippen molar-refractivity contribution in [1.29, 1.82) is 0 Å². The number of hydrogen-bond donors (Lipinski definition) is 1. The van der Waals surface area contributed by atoms with Gasteiger partial charge in [0.25, 0.3) is 5.97 Å². The number of carbonyl (C=O) groups is 2. The van der Waals surface area contributed by atoms with Crippen molar-refractivity contribution < 1.29 is 82.7 Å². The quantitative estimate of drug-likeness (QED) is 0.460. The van der Waals surface area contributed by atoms with E-state index in [2.05, 4.69) is 20.6 Å². The van der Waals surface area contributed by atoms with Gasteiger partial charge in [-0.3, -0.25) is 9.48 Å². The Morgan fingerprint density at radius 3 is 2.43 bits per heavy atom. The molecule has 0 aliphatic rings. The monoisotopic (exact) mass is 390 g/mol. The maximum absolute atomic E-state index is 11.7. The average Bonchev–Trinajstić information content (AvgIpc) is 2.87. The molecule has 0 fully saturated rings. The standard InChI is InChI=1S/C14H14N3O4.H2O.Rb/c1-20-13(18)10-5-3-9(4-6-10)8-17-12(14(19)21-2)11(15)7-16-17;;/h3,5-7H,8,15H2,1-2H3;1H2;/q-1;;+1/p-1. The Kier molecular flexibility index (Phi) is 9.48. The van der Waals surface area contributed by atoms with Crippen LogP contribution in [0, 0.1) is 6.07 Å². The number of esters is 2. The maximum atomic E-state index is 11.7. The molecule has 0 unspecified atom stereocenters. The second-order valence-electron chi connectivity index (χ2n) is 4.19. The first kappa shape index (κ1) is 21.9. The molecule has 0 aliphatic carbocycles. The molecule has 9 heteroatoms. The topological polar surface area (TPSA) is 126 Å². The number of ether oxygens (including phenoxy) is 2. The van der Waals surface area contributed by atoms with Gasteiger partial charge in [0.1, 0.15) is 0 Å². The van der Waals surface area contributed by atoms with Crippen molar-refractivity contribution in [3.05, 3.63) is 47.3 Å². The minimum atomic E-state index is -0.559. The largest absolute Gasteiger partial charge is 1.00 e. The zero-order valence-electron chi connectivity index (χ0n) is 13.1. The van der Waals surface area contributed by atoms with E-state index in [0.717, 1.165) is 5.56 Å². The molecule has 2 rings (SSSR count). The fourth-order valence-electron chi connectivity index (χ4n) is 1.80. The molecule has 0 atom stereocenters. The van der Waals surface area contributed by atoms with Crippen molar-refractivity contribution in [1.82, 2.24) is 9.78 Å². The Hall–Kier alpha value is -1.06. The molecule has 2 aromatic rings. The van der Waals surface area contributed by atoms with E-state index in [4.69, 9.17) is 5.73 Å². The molecule has 0 saturated heterocycles. The third-order valence-electron chi connectivity index (χ3n) is 2.86. The minimum Gasteiger partial charge on any atom is -0.870 e. The van der Waals surface area contributed by atoms with E-state index in [1.165, 1.54) is 31.2 Å². The van der Waals surface area contributed by atoms with Crippen molar-refractivity contribution in [2.75, 3.05) is 20.0 Å². The van der Waals surface area contributed by atoms with Crippen LogP contribution in [0.25, 0.3) is 0 Å². The van der Waals surface area contributed by atoms with Gasteiger partial charge in [-0.2, -0.15) is 29.4 Å². The van der Waals surface area contributed by atoms with Crippen LogP contribution in [0.1, 0.15) is 26.4 Å². The zero-order chi connectivity index (χ0) is 15.4. The van der Waals surface area contributed by atoms with Gasteiger partial charge in [-0.1, -0.05) is 5.56 Å². The summed E-state index contributed by atoms with van der Waals surface area (Å²) in [7, 11) is 2.59. The number of nitrogens with zero attached hydrogens (tertiary/aromatic N) is 2. The molecule has 0 saturated carbocycles. The number of anilines is 1. The van der Waals surface area contributed by atoms with E-state index in [-0.39, 0.29) is 81.6 Å². The first-order chi connectivity index (χ1) is 10.1. The predicted octanol–water partition coefficient (Wildman–Crippen LogP) is -2.29. The molecule has 3 N–H and O–H groups in total. The van der Waals surface area contributed by atoms with Crippen LogP contribution < -0.4 is 63.9 Å². The number of hydrogen-bond acceptors (Lipinski definition) is 7. The van der Waals surface area contributed by atoms with Gasteiger partial charge in [0, 0.05) is 6.54 Å². The Labute approximate surface area is 182 Å². The molecule has 0 bridgehead atoms. The van der Waals surface area contributed by atoms with Crippen LogP contribution in [0.5, 0.6) is 0 Å². The van der Waals surface area contributed by atoms with Crippen molar-refractivity contribution in [3.8, 4) is 0 Å². The van der Waals surface area contributed by atoms with Crippen LogP contribution >= 0.6 is 0 Å². The van der Waals surface area contributed by atoms with Gasteiger partial charge >= 0.3 is 64.2 Å². The smallest absolute Gasteiger partial charge is 0.870 e. The summed E-state index contributed by atoms with van der Waals surface area (Å²) in [6.07, 6.45) is 1.38. The summed E-state index contributed by atoms with van der Waals surface area (Å²) in [6, 6.07) is 7.77. The van der Waals surface area contributed by atoms with E-state index in [0.29, 0.717) is 5.56 Å². The van der Waals surface area contributed by atoms with Crippen molar-refractivity contribution in [2.24, 2.45) is 0 Å². The summed E-state index contributed by atoms with van der Waals surface area (Å²) in [5.74, 6) is -0.993. The van der Waals surface area contributed by atoms with Gasteiger partial charge in [0.2, 0.25) is 0 Å². The molecule has 118 valence electrons. The fourth-order valence-corrected chi connectivity index (χ4v) is 1.80. The molecular weight excluding hydrogens is 376 g/mol. The minimum absolute atomic E-state index is 0. The van der Waals surface area contributed by atoms with E-state index in [9.17, 15) is 9.59 Å². The molecule has 0 aliphatic heterocycles. The van der Waals surface area contributed by atoms with Crippen LogP contribution in [0.15, 0.2) is 24.4 Å². The molecule has 23 heavy (non-hydrogen) atoms. The van der Waals surface area contributed by atoms with Gasteiger partial charge in [-0.25, -0.2) is 4.79 Å². The first-order valence-corrected chi connectivity index (χ1v) is 6.05. The van der Waals surface area contributed by atoms with Crippen LogP contribution in [0.3, 0.4) is 0 Å². The van der Waals surface area contributed by atoms with Crippen LogP contribution in [0.4, 0.5) is 5.69 Å². The Balaban J connectivity index is 0.00000242. The van der Waals surface area contributed by atoms with E-state index >= 15 is 0 Å². The third kappa shape index (κ3) is 5.22. The maximum Gasteiger partial charge on any atom is 1.00 e. The molecule has 0 amide bonds. The molecule has 1 aromatic carbocycles. The van der Waals surface area contributed by atoms with E-state index in [1.807, 2.05) is 0 Å². The summed E-state index contributed by atoms with van der Waals surface area (Å²) in [6.45, 7) is 0.281. The Morgan fingerprint density at radius 1 is 1.26 bits per heavy atom. The second kappa shape index (κ2) is 9.94. The number of nitrogen functional groups attached to an aromatic ring is 1. The zero-order valence-corrected chi connectivity index (χ0v) is 18.0. The number of methoxy groups -OCH3 is 2. The van der Waals surface area contributed by atoms with E-state index < -0.39 is 11.9 Å². The number of aromatic nitrogens is 2. The number of carbonyl (C=O) groups excluding carboxylic acids is 2. The Morgan fingerprint density at radius 2 is 1.91 bits per heavy atom. The van der Waals surface area contributed by atoms with Gasteiger partial charge in [-0.05, 0) is 0 Å². The van der Waals surface area contributed by atoms with Crippen LogP contribution in [0.2, 0.25) is 0 Å². The molecule has 8 nitrogen and oxygen atoms in total. The predicted molar refractivity (Wildman–Crippen MR) is 75.6 cm³/mol. The molecule has 0 radical (unpaired) electrons. The van der Waals surface area contributed by atoms with Crippen molar-refractivity contribution >= 4 is 17.6 Å². The number of benzene rings is 1. The van der Waals surface area contributed by atoms with Gasteiger partial charge < -0.3 is 20.7 Å². The van der Waals surface area contributed by atoms with Gasteiger partial charge in [-0.15, -0.1) is 5.56 Å². The molecule has 0 spiro atoms. The van der Waals surface area contributed by atoms with Crippen molar-refractivity contribution in [3.63, 3.8) is 0 Å². The summed E-state index contributed by atoms with van der Waals surface area (Å²) in [4.78, 5) is 23.0.